The summed E-state index contributed by atoms with van der Waals surface area (Å²) < 4.78 is 13.1. The van der Waals surface area contributed by atoms with E-state index >= 15 is 0 Å². The predicted molar refractivity (Wildman–Crippen MR) is 131 cm³/mol. The summed E-state index contributed by atoms with van der Waals surface area (Å²) in [4.78, 5) is 2.63. The third-order valence-electron chi connectivity index (χ3n) is 7.26. The Labute approximate surface area is 194 Å². The van der Waals surface area contributed by atoms with Crippen molar-refractivity contribution in [3.63, 3.8) is 0 Å². The fraction of sp³-hybridized carbons (Fsp3) is 0.571. The number of ether oxygens (including phenoxy) is 2. The highest BCUT2D eigenvalue weighted by atomic mass is 16.5. The molecule has 0 amide bonds. The van der Waals surface area contributed by atoms with Crippen LogP contribution in [0.15, 0.2) is 42.5 Å². The third-order valence-corrected chi connectivity index (χ3v) is 7.26. The molecule has 4 rings (SSSR count). The monoisotopic (exact) mass is 436 g/mol. The van der Waals surface area contributed by atoms with Crippen LogP contribution in [-0.4, -0.2) is 43.8 Å². The Balaban J connectivity index is 1.49. The van der Waals surface area contributed by atoms with Crippen molar-refractivity contribution in [1.82, 2.24) is 10.2 Å². The van der Waals surface area contributed by atoms with Crippen LogP contribution in [0.4, 0.5) is 0 Å². The van der Waals surface area contributed by atoms with Gasteiger partial charge in [-0.3, -0.25) is 4.90 Å². The number of rotatable bonds is 7. The molecule has 0 radical (unpaired) electrons. The van der Waals surface area contributed by atoms with E-state index in [2.05, 4.69) is 80.4 Å². The average Bonchev–Trinajstić information content (AvgIpc) is 2.81. The van der Waals surface area contributed by atoms with Gasteiger partial charge in [-0.2, -0.15) is 0 Å². The van der Waals surface area contributed by atoms with Crippen molar-refractivity contribution >= 4 is 0 Å². The zero-order valence-electron chi connectivity index (χ0n) is 20.4. The Hall–Kier alpha value is -1.88. The van der Waals surface area contributed by atoms with Crippen LogP contribution in [0.25, 0.3) is 0 Å². The lowest BCUT2D eigenvalue weighted by Gasteiger charge is -2.42. The summed E-state index contributed by atoms with van der Waals surface area (Å²) in [5, 5.41) is 3.34. The summed E-state index contributed by atoms with van der Waals surface area (Å²) in [6.07, 6.45) is 3.85. The molecule has 174 valence electrons. The molecule has 0 aliphatic carbocycles. The smallest absolute Gasteiger partial charge is 0.126 e. The SMILES string of the molecule is CNC[C@@H]1O[C@H](C2CCN(C(C)c3ccccc3)CC2)Cc2c1ccc(C)c2OC(C)C. The Morgan fingerprint density at radius 2 is 1.78 bits per heavy atom. The van der Waals surface area contributed by atoms with E-state index < -0.39 is 0 Å². The maximum absolute atomic E-state index is 6.74. The highest BCUT2D eigenvalue weighted by Crippen LogP contribution is 2.41. The minimum absolute atomic E-state index is 0.0881. The first kappa shape index (κ1) is 23.3. The first-order valence-corrected chi connectivity index (χ1v) is 12.4. The van der Waals surface area contributed by atoms with Gasteiger partial charge in [-0.25, -0.2) is 0 Å². The van der Waals surface area contributed by atoms with Crippen LogP contribution >= 0.6 is 0 Å². The molecule has 0 aromatic heterocycles. The van der Waals surface area contributed by atoms with Crippen molar-refractivity contribution in [3.05, 3.63) is 64.7 Å². The first-order valence-electron chi connectivity index (χ1n) is 12.4. The standard InChI is InChI=1S/C28H40N2O2/c1-19(2)31-28-20(3)11-12-24-25(28)17-26(32-27(24)18-29-5)23-13-15-30(16-14-23)21(4)22-9-7-6-8-10-22/h6-12,19,21,23,26-27,29H,13-18H2,1-5H3/t21?,26-,27-/m0/s1. The van der Waals surface area contributed by atoms with E-state index in [9.17, 15) is 0 Å². The van der Waals surface area contributed by atoms with E-state index in [0.29, 0.717) is 12.0 Å². The normalized spacial score (nSPS) is 23.2. The fourth-order valence-electron chi connectivity index (χ4n) is 5.45. The van der Waals surface area contributed by atoms with Crippen LogP contribution in [0, 0.1) is 12.8 Å². The summed E-state index contributed by atoms with van der Waals surface area (Å²) in [6.45, 7) is 11.8. The zero-order chi connectivity index (χ0) is 22.7. The number of aryl methyl sites for hydroxylation is 1. The van der Waals surface area contributed by atoms with Crippen LogP contribution < -0.4 is 10.1 Å². The van der Waals surface area contributed by atoms with Crippen molar-refractivity contribution < 1.29 is 9.47 Å². The third kappa shape index (κ3) is 5.03. The summed E-state index contributed by atoms with van der Waals surface area (Å²) in [5.74, 6) is 1.68. The van der Waals surface area contributed by atoms with Crippen molar-refractivity contribution in [1.29, 1.82) is 0 Å². The van der Waals surface area contributed by atoms with Crippen LogP contribution in [0.5, 0.6) is 5.75 Å². The van der Waals surface area contributed by atoms with Gasteiger partial charge in [-0.05, 0) is 83.3 Å². The number of piperidine rings is 1. The molecule has 2 aromatic carbocycles. The van der Waals surface area contributed by atoms with Crippen molar-refractivity contribution in [2.45, 2.75) is 71.3 Å². The number of fused-ring (bicyclic) bond motifs is 1. The minimum Gasteiger partial charge on any atom is -0.490 e. The Bertz CT molecular complexity index is 875. The minimum atomic E-state index is 0.0881. The predicted octanol–water partition coefficient (Wildman–Crippen LogP) is 5.46. The van der Waals surface area contributed by atoms with E-state index in [1.807, 2.05) is 7.05 Å². The van der Waals surface area contributed by atoms with Crippen LogP contribution in [0.1, 0.15) is 68.0 Å². The topological polar surface area (TPSA) is 33.7 Å². The van der Waals surface area contributed by atoms with Gasteiger partial charge in [0.05, 0.1) is 18.3 Å². The molecule has 2 aliphatic rings. The second-order valence-corrected chi connectivity index (χ2v) is 9.83. The Kier molecular flexibility index (Phi) is 7.55. The van der Waals surface area contributed by atoms with E-state index in [1.54, 1.807) is 0 Å². The lowest BCUT2D eigenvalue weighted by atomic mass is 9.82. The molecule has 0 spiro atoms. The summed E-state index contributed by atoms with van der Waals surface area (Å²) in [5.41, 5.74) is 5.31. The maximum Gasteiger partial charge on any atom is 0.126 e. The van der Waals surface area contributed by atoms with Gasteiger partial charge >= 0.3 is 0 Å². The molecule has 1 N–H and O–H groups in total. The Morgan fingerprint density at radius 3 is 2.44 bits per heavy atom. The molecule has 0 saturated carbocycles. The van der Waals surface area contributed by atoms with Gasteiger partial charge in [-0.1, -0.05) is 42.5 Å². The summed E-state index contributed by atoms with van der Waals surface area (Å²) in [7, 11) is 2.01. The van der Waals surface area contributed by atoms with Gasteiger partial charge in [0, 0.05) is 24.6 Å². The molecular formula is C28H40N2O2. The van der Waals surface area contributed by atoms with E-state index in [1.165, 1.54) is 35.1 Å². The Morgan fingerprint density at radius 1 is 1.06 bits per heavy atom. The van der Waals surface area contributed by atoms with Gasteiger partial charge < -0.3 is 14.8 Å². The van der Waals surface area contributed by atoms with Gasteiger partial charge in [0.1, 0.15) is 5.75 Å². The number of benzene rings is 2. The van der Waals surface area contributed by atoms with E-state index in [0.717, 1.165) is 31.8 Å². The van der Waals surface area contributed by atoms with Crippen LogP contribution in [-0.2, 0) is 11.2 Å². The zero-order valence-corrected chi connectivity index (χ0v) is 20.4. The molecule has 4 nitrogen and oxygen atoms in total. The van der Waals surface area contributed by atoms with Crippen molar-refractivity contribution in [3.8, 4) is 5.75 Å². The molecule has 2 heterocycles. The number of likely N-dealkylation sites (tertiary alicyclic amines) is 1. The molecule has 2 aromatic rings. The molecule has 3 atom stereocenters. The molecular weight excluding hydrogens is 396 g/mol. The van der Waals surface area contributed by atoms with E-state index in [4.69, 9.17) is 9.47 Å². The average molecular weight is 437 g/mol. The van der Waals surface area contributed by atoms with Gasteiger partial charge in [-0.15, -0.1) is 0 Å². The van der Waals surface area contributed by atoms with Crippen LogP contribution in [0.2, 0.25) is 0 Å². The molecule has 0 bridgehead atoms. The lowest BCUT2D eigenvalue weighted by Crippen LogP contribution is -2.43. The number of hydrogen-bond acceptors (Lipinski definition) is 4. The number of hydrogen-bond donors (Lipinski definition) is 1. The molecule has 1 saturated heterocycles. The molecule has 1 unspecified atom stereocenters. The molecule has 4 heteroatoms. The fourth-order valence-corrected chi connectivity index (χ4v) is 5.45. The number of nitrogens with one attached hydrogen (secondary N) is 1. The highest BCUT2D eigenvalue weighted by Gasteiger charge is 2.36. The molecule has 32 heavy (non-hydrogen) atoms. The highest BCUT2D eigenvalue weighted by molar-refractivity contribution is 5.48. The first-order chi connectivity index (χ1) is 15.5. The molecule has 1 fully saturated rings. The molecule has 2 aliphatic heterocycles. The lowest BCUT2D eigenvalue weighted by molar-refractivity contribution is -0.0691. The van der Waals surface area contributed by atoms with Gasteiger partial charge in [0.15, 0.2) is 0 Å². The number of likely N-dealkylation sites (N-methyl/N-ethyl adjacent to an activating group) is 1. The largest absolute Gasteiger partial charge is 0.490 e. The van der Waals surface area contributed by atoms with Gasteiger partial charge in [0.2, 0.25) is 0 Å². The van der Waals surface area contributed by atoms with E-state index in [-0.39, 0.29) is 18.3 Å². The van der Waals surface area contributed by atoms with Crippen molar-refractivity contribution in [2.75, 3.05) is 26.7 Å². The summed E-state index contributed by atoms with van der Waals surface area (Å²) >= 11 is 0. The van der Waals surface area contributed by atoms with Crippen molar-refractivity contribution in [2.24, 2.45) is 5.92 Å². The maximum atomic E-state index is 6.74. The van der Waals surface area contributed by atoms with Gasteiger partial charge in [0.25, 0.3) is 0 Å². The second-order valence-electron chi connectivity index (χ2n) is 9.83. The number of nitrogens with zero attached hydrogens (tertiary/aromatic N) is 1. The quantitative estimate of drug-likeness (QED) is 0.625. The second kappa shape index (κ2) is 10.4. The summed E-state index contributed by atoms with van der Waals surface area (Å²) in [6, 6.07) is 15.8. The van der Waals surface area contributed by atoms with Crippen LogP contribution in [0.3, 0.4) is 0 Å².